The second-order valence-corrected chi connectivity index (χ2v) is 8.14. The normalized spacial score (nSPS) is 24.8. The maximum Gasteiger partial charge on any atom is 0.0453 e. The van der Waals surface area contributed by atoms with Gasteiger partial charge in [0.25, 0.3) is 0 Å². The van der Waals surface area contributed by atoms with Gasteiger partial charge in [-0.1, -0.05) is 50.6 Å². The van der Waals surface area contributed by atoms with E-state index < -0.39 is 0 Å². The molecule has 1 N–H and O–H groups in total. The molecule has 1 saturated carbocycles. The lowest BCUT2D eigenvalue weighted by Crippen LogP contribution is -2.31. The van der Waals surface area contributed by atoms with Crippen LogP contribution < -0.4 is 5.32 Å². The summed E-state index contributed by atoms with van der Waals surface area (Å²) in [5, 5.41) is 4.55. The summed E-state index contributed by atoms with van der Waals surface area (Å²) in [6, 6.07) is 8.49. The van der Waals surface area contributed by atoms with Gasteiger partial charge in [-0.3, -0.25) is 0 Å². The highest BCUT2D eigenvalue weighted by molar-refractivity contribution is 6.31. The molecule has 0 amide bonds. The van der Waals surface area contributed by atoms with Crippen LogP contribution in [0.4, 0.5) is 0 Å². The van der Waals surface area contributed by atoms with Crippen molar-refractivity contribution in [1.82, 2.24) is 5.32 Å². The van der Waals surface area contributed by atoms with Crippen molar-refractivity contribution in [2.24, 2.45) is 17.3 Å². The molecule has 2 heteroatoms. The van der Waals surface area contributed by atoms with Gasteiger partial charge >= 0.3 is 0 Å². The van der Waals surface area contributed by atoms with Crippen LogP contribution in [-0.4, -0.2) is 6.54 Å². The van der Waals surface area contributed by atoms with Crippen molar-refractivity contribution < 1.29 is 0 Å². The van der Waals surface area contributed by atoms with Crippen LogP contribution in [0.3, 0.4) is 0 Å². The number of rotatable bonds is 4. The zero-order valence-corrected chi connectivity index (χ0v) is 14.7. The van der Waals surface area contributed by atoms with Crippen LogP contribution in [0.5, 0.6) is 0 Å². The van der Waals surface area contributed by atoms with Crippen LogP contribution in [0, 0.1) is 17.3 Å². The zero-order chi connectivity index (χ0) is 15.5. The summed E-state index contributed by atoms with van der Waals surface area (Å²) in [7, 11) is 0. The van der Waals surface area contributed by atoms with Gasteiger partial charge in [-0.2, -0.15) is 0 Å². The van der Waals surface area contributed by atoms with E-state index in [2.05, 4.69) is 45.1 Å². The monoisotopic (exact) mass is 307 g/mol. The third-order valence-corrected chi connectivity index (χ3v) is 5.50. The molecule has 0 aromatic heterocycles. The lowest BCUT2D eigenvalue weighted by atomic mass is 9.70. The van der Waals surface area contributed by atoms with E-state index in [-0.39, 0.29) is 0 Å². The van der Waals surface area contributed by atoms with Crippen molar-refractivity contribution in [3.05, 3.63) is 34.9 Å². The summed E-state index contributed by atoms with van der Waals surface area (Å²) < 4.78 is 0. The molecule has 1 unspecified atom stereocenters. The molecule has 0 saturated heterocycles. The van der Waals surface area contributed by atoms with Crippen LogP contribution in [0.25, 0.3) is 0 Å². The Morgan fingerprint density at radius 1 is 1.14 bits per heavy atom. The Morgan fingerprint density at radius 2 is 1.76 bits per heavy atom. The standard InChI is InChI=1S/C19H30ClN/c1-14(17-7-5-6-8-18(17)20)21-13-15-9-11-16(12-10-15)19(2,3)4/h5-8,14-16,21H,9-13H2,1-4H3. The van der Waals surface area contributed by atoms with Gasteiger partial charge in [-0.25, -0.2) is 0 Å². The predicted octanol–water partition coefficient (Wildman–Crippen LogP) is 5.84. The molecule has 1 atom stereocenters. The molecule has 21 heavy (non-hydrogen) atoms. The largest absolute Gasteiger partial charge is 0.310 e. The predicted molar refractivity (Wildman–Crippen MR) is 92.8 cm³/mol. The van der Waals surface area contributed by atoms with Gasteiger partial charge < -0.3 is 5.32 Å². The fourth-order valence-corrected chi connectivity index (χ4v) is 3.81. The molecule has 0 spiro atoms. The first-order valence-corrected chi connectivity index (χ1v) is 8.73. The maximum absolute atomic E-state index is 6.27. The van der Waals surface area contributed by atoms with Gasteiger partial charge in [0.1, 0.15) is 0 Å². The summed E-state index contributed by atoms with van der Waals surface area (Å²) in [4.78, 5) is 0. The summed E-state index contributed by atoms with van der Waals surface area (Å²) in [6.45, 7) is 10.5. The summed E-state index contributed by atoms with van der Waals surface area (Å²) in [5.74, 6) is 1.73. The molecular formula is C19H30ClN. The maximum atomic E-state index is 6.27. The molecule has 0 bridgehead atoms. The van der Waals surface area contributed by atoms with Crippen molar-refractivity contribution in [3.63, 3.8) is 0 Å². The van der Waals surface area contributed by atoms with Gasteiger partial charge in [0.15, 0.2) is 0 Å². The molecule has 2 rings (SSSR count). The summed E-state index contributed by atoms with van der Waals surface area (Å²) >= 11 is 6.27. The zero-order valence-electron chi connectivity index (χ0n) is 14.0. The minimum absolute atomic E-state index is 0.332. The number of hydrogen-bond donors (Lipinski definition) is 1. The first-order valence-electron chi connectivity index (χ1n) is 8.35. The third-order valence-electron chi connectivity index (χ3n) is 5.16. The Labute approximate surface area is 135 Å². The van der Waals surface area contributed by atoms with E-state index in [1.54, 1.807) is 0 Å². The average molecular weight is 308 g/mol. The van der Waals surface area contributed by atoms with E-state index in [4.69, 9.17) is 11.6 Å². The minimum Gasteiger partial charge on any atom is -0.310 e. The minimum atomic E-state index is 0.332. The van der Waals surface area contributed by atoms with Gasteiger partial charge in [0.2, 0.25) is 0 Å². The van der Waals surface area contributed by atoms with E-state index in [1.807, 2.05) is 12.1 Å². The second-order valence-electron chi connectivity index (χ2n) is 7.74. The second kappa shape index (κ2) is 7.15. The summed E-state index contributed by atoms with van der Waals surface area (Å²) in [5.41, 5.74) is 1.69. The molecule has 1 aromatic carbocycles. The highest BCUT2D eigenvalue weighted by Crippen LogP contribution is 2.39. The van der Waals surface area contributed by atoms with Crippen molar-refractivity contribution >= 4 is 11.6 Å². The smallest absolute Gasteiger partial charge is 0.0453 e. The van der Waals surface area contributed by atoms with E-state index in [0.29, 0.717) is 11.5 Å². The van der Waals surface area contributed by atoms with Crippen LogP contribution in [0.15, 0.2) is 24.3 Å². The Morgan fingerprint density at radius 3 is 2.33 bits per heavy atom. The van der Waals surface area contributed by atoms with Gasteiger partial charge in [-0.05, 0) is 68.0 Å². The number of nitrogens with one attached hydrogen (secondary N) is 1. The van der Waals surface area contributed by atoms with Gasteiger partial charge in [-0.15, -0.1) is 0 Å². The third kappa shape index (κ3) is 4.72. The highest BCUT2D eigenvalue weighted by atomic mass is 35.5. The van der Waals surface area contributed by atoms with E-state index in [0.717, 1.165) is 23.4 Å². The number of halogens is 1. The molecule has 118 valence electrons. The Balaban J connectivity index is 1.79. The van der Waals surface area contributed by atoms with E-state index >= 15 is 0 Å². The lowest BCUT2D eigenvalue weighted by Gasteiger charge is -2.37. The topological polar surface area (TPSA) is 12.0 Å². The Kier molecular flexibility index (Phi) is 5.73. The van der Waals surface area contributed by atoms with Crippen molar-refractivity contribution in [1.29, 1.82) is 0 Å². The fourth-order valence-electron chi connectivity index (χ4n) is 3.51. The van der Waals surface area contributed by atoms with Crippen LogP contribution >= 0.6 is 11.6 Å². The van der Waals surface area contributed by atoms with Crippen molar-refractivity contribution in [3.8, 4) is 0 Å². The quantitative estimate of drug-likeness (QED) is 0.736. The molecule has 0 aliphatic heterocycles. The van der Waals surface area contributed by atoms with E-state index in [9.17, 15) is 0 Å². The lowest BCUT2D eigenvalue weighted by molar-refractivity contribution is 0.148. The highest BCUT2D eigenvalue weighted by Gasteiger charge is 2.29. The van der Waals surface area contributed by atoms with Crippen molar-refractivity contribution in [2.75, 3.05) is 6.54 Å². The fraction of sp³-hybridized carbons (Fsp3) is 0.684. The van der Waals surface area contributed by atoms with Crippen LogP contribution in [0.1, 0.15) is 65.0 Å². The van der Waals surface area contributed by atoms with Crippen LogP contribution in [-0.2, 0) is 0 Å². The van der Waals surface area contributed by atoms with Gasteiger partial charge in [0.05, 0.1) is 0 Å². The first kappa shape index (κ1) is 16.8. The molecular weight excluding hydrogens is 278 g/mol. The van der Waals surface area contributed by atoms with Gasteiger partial charge in [0, 0.05) is 11.1 Å². The molecule has 0 heterocycles. The Hall–Kier alpha value is -0.530. The molecule has 1 aliphatic rings. The Bertz CT molecular complexity index is 441. The van der Waals surface area contributed by atoms with Crippen molar-refractivity contribution in [2.45, 2.75) is 59.4 Å². The SMILES string of the molecule is CC(NCC1CCC(C(C)(C)C)CC1)c1ccccc1Cl. The number of benzene rings is 1. The molecule has 1 aliphatic carbocycles. The molecule has 1 fully saturated rings. The summed E-state index contributed by atoms with van der Waals surface area (Å²) in [6.07, 6.45) is 5.50. The van der Waals surface area contributed by atoms with Crippen LogP contribution in [0.2, 0.25) is 5.02 Å². The first-order chi connectivity index (χ1) is 9.88. The number of hydrogen-bond acceptors (Lipinski definition) is 1. The molecule has 1 nitrogen and oxygen atoms in total. The average Bonchev–Trinajstić information content (AvgIpc) is 2.45. The molecule has 0 radical (unpaired) electrons. The van der Waals surface area contributed by atoms with E-state index in [1.165, 1.54) is 31.2 Å². The molecule has 1 aromatic rings.